The summed E-state index contributed by atoms with van der Waals surface area (Å²) in [5.41, 5.74) is 3.07. The van der Waals surface area contributed by atoms with E-state index in [1.54, 1.807) is 13.4 Å². The zero-order valence-electron chi connectivity index (χ0n) is 17.9. The number of hydrogen-bond acceptors (Lipinski definition) is 5. The van der Waals surface area contributed by atoms with Crippen LogP contribution in [0.4, 0.5) is 0 Å². The van der Waals surface area contributed by atoms with E-state index in [2.05, 4.69) is 28.7 Å². The summed E-state index contributed by atoms with van der Waals surface area (Å²) in [5.74, 6) is 1.39. The van der Waals surface area contributed by atoms with Crippen LogP contribution >= 0.6 is 0 Å². The van der Waals surface area contributed by atoms with E-state index >= 15 is 0 Å². The highest BCUT2D eigenvalue weighted by molar-refractivity contribution is 5.78. The van der Waals surface area contributed by atoms with Crippen LogP contribution in [0.2, 0.25) is 0 Å². The first-order valence-electron chi connectivity index (χ1n) is 10.2. The van der Waals surface area contributed by atoms with Crippen molar-refractivity contribution in [3.8, 4) is 5.75 Å². The van der Waals surface area contributed by atoms with E-state index in [-0.39, 0.29) is 12.0 Å². The maximum Gasteiger partial charge on any atom is 0.236 e. The molecule has 0 bridgehead atoms. The zero-order valence-corrected chi connectivity index (χ0v) is 17.9. The van der Waals surface area contributed by atoms with Crippen molar-refractivity contribution < 1.29 is 14.3 Å². The van der Waals surface area contributed by atoms with Crippen molar-refractivity contribution in [3.05, 3.63) is 47.5 Å². The fourth-order valence-corrected chi connectivity index (χ4v) is 3.63. The van der Waals surface area contributed by atoms with Crippen molar-refractivity contribution >= 4 is 5.91 Å². The lowest BCUT2D eigenvalue weighted by Gasteiger charge is -2.26. The number of hydrogen-bond donors (Lipinski definition) is 1. The summed E-state index contributed by atoms with van der Waals surface area (Å²) < 4.78 is 11.6. The lowest BCUT2D eigenvalue weighted by atomic mass is 10.2. The Balaban J connectivity index is 1.70. The number of benzene rings is 1. The molecule has 1 N–H and O–H groups in total. The van der Waals surface area contributed by atoms with E-state index in [9.17, 15) is 4.79 Å². The van der Waals surface area contributed by atoms with Gasteiger partial charge in [0.15, 0.2) is 0 Å². The Bertz CT molecular complexity index is 805. The summed E-state index contributed by atoms with van der Waals surface area (Å²) in [6.45, 7) is 9.82. The van der Waals surface area contributed by atoms with E-state index in [0.717, 1.165) is 29.2 Å². The van der Waals surface area contributed by atoms with Crippen LogP contribution in [0, 0.1) is 12.8 Å². The molecule has 7 nitrogen and oxygen atoms in total. The van der Waals surface area contributed by atoms with Crippen LogP contribution in [0.15, 0.2) is 30.6 Å². The molecule has 1 saturated heterocycles. The number of aromatic amines is 1. The number of rotatable bonds is 8. The second kappa shape index (κ2) is 9.89. The van der Waals surface area contributed by atoms with Crippen molar-refractivity contribution in [2.24, 2.45) is 5.92 Å². The van der Waals surface area contributed by atoms with Gasteiger partial charge in [0, 0.05) is 31.9 Å². The third-order valence-corrected chi connectivity index (χ3v) is 5.11. The molecule has 1 fully saturated rings. The van der Waals surface area contributed by atoms with Gasteiger partial charge >= 0.3 is 0 Å². The first kappa shape index (κ1) is 21.3. The molecular formula is C22H32N4O3. The number of ether oxygens (including phenoxy) is 2. The van der Waals surface area contributed by atoms with Crippen LogP contribution < -0.4 is 4.74 Å². The summed E-state index contributed by atoms with van der Waals surface area (Å²) in [5, 5.41) is 0. The van der Waals surface area contributed by atoms with Crippen LogP contribution in [0.25, 0.3) is 0 Å². The van der Waals surface area contributed by atoms with E-state index in [1.807, 2.05) is 36.1 Å². The topological polar surface area (TPSA) is 70.7 Å². The monoisotopic (exact) mass is 400 g/mol. The van der Waals surface area contributed by atoms with Gasteiger partial charge in [0.1, 0.15) is 5.75 Å². The van der Waals surface area contributed by atoms with Gasteiger partial charge in [-0.3, -0.25) is 9.69 Å². The number of aryl methyl sites for hydroxylation is 1. The highest BCUT2D eigenvalue weighted by atomic mass is 16.5. The minimum absolute atomic E-state index is 0.0642. The van der Waals surface area contributed by atoms with Gasteiger partial charge in [-0.1, -0.05) is 26.0 Å². The van der Waals surface area contributed by atoms with Gasteiger partial charge in [-0.05, 0) is 30.5 Å². The van der Waals surface area contributed by atoms with E-state index in [1.165, 1.54) is 0 Å². The van der Waals surface area contributed by atoms with Crippen LogP contribution in [0.5, 0.6) is 5.75 Å². The Kier molecular flexibility index (Phi) is 7.28. The molecule has 1 aliphatic rings. The van der Waals surface area contributed by atoms with Crippen LogP contribution in [-0.2, 0) is 22.7 Å². The summed E-state index contributed by atoms with van der Waals surface area (Å²) in [6, 6.07) is 7.90. The number of nitrogens with zero attached hydrogens (tertiary/aromatic N) is 3. The molecule has 2 heterocycles. The number of methoxy groups -OCH3 is 1. The first-order chi connectivity index (χ1) is 13.9. The summed E-state index contributed by atoms with van der Waals surface area (Å²) in [4.78, 5) is 24.5. The van der Waals surface area contributed by atoms with Gasteiger partial charge < -0.3 is 19.4 Å². The molecular weight excluding hydrogens is 368 g/mol. The van der Waals surface area contributed by atoms with Crippen molar-refractivity contribution in [1.82, 2.24) is 19.8 Å². The number of imidazole rings is 1. The largest absolute Gasteiger partial charge is 0.497 e. The van der Waals surface area contributed by atoms with Crippen molar-refractivity contribution in [2.75, 3.05) is 33.3 Å². The Labute approximate surface area is 173 Å². The standard InChI is InChI=1S/C22H32N4O3/c1-16(2)9-26-11-20(29-14-18-6-5-7-19(8-18)28-4)10-25(13-22(26)27)12-21-17(3)23-15-24-21/h5-8,15-16,20H,9-14H2,1-4H3,(H,23,24). The smallest absolute Gasteiger partial charge is 0.236 e. The van der Waals surface area contributed by atoms with Crippen LogP contribution in [0.3, 0.4) is 0 Å². The van der Waals surface area contributed by atoms with Gasteiger partial charge in [0.05, 0.1) is 38.4 Å². The Hall–Kier alpha value is -2.38. The molecule has 0 spiro atoms. The van der Waals surface area contributed by atoms with Gasteiger partial charge in [0.2, 0.25) is 5.91 Å². The van der Waals surface area contributed by atoms with E-state index < -0.39 is 0 Å². The maximum atomic E-state index is 12.9. The maximum absolute atomic E-state index is 12.9. The Morgan fingerprint density at radius 2 is 2.14 bits per heavy atom. The van der Waals surface area contributed by atoms with Crippen molar-refractivity contribution in [3.63, 3.8) is 0 Å². The summed E-state index contributed by atoms with van der Waals surface area (Å²) >= 11 is 0. The lowest BCUT2D eigenvalue weighted by Crippen LogP contribution is -2.40. The van der Waals surface area contributed by atoms with Gasteiger partial charge in [0.25, 0.3) is 0 Å². The second-order valence-electron chi connectivity index (χ2n) is 8.12. The fraction of sp³-hybridized carbons (Fsp3) is 0.545. The number of H-pyrrole nitrogens is 1. The third-order valence-electron chi connectivity index (χ3n) is 5.11. The van der Waals surface area contributed by atoms with Crippen LogP contribution in [-0.4, -0.2) is 65.1 Å². The third kappa shape index (κ3) is 6.05. The molecule has 7 heteroatoms. The SMILES string of the molecule is COc1cccc(COC2CN(Cc3nc[nH]c3C)CC(=O)N(CC(C)C)C2)c1. The van der Waals surface area contributed by atoms with Gasteiger partial charge in [-0.25, -0.2) is 4.98 Å². The summed E-state index contributed by atoms with van der Waals surface area (Å²) in [6.07, 6.45) is 1.64. The number of aromatic nitrogens is 2. The Morgan fingerprint density at radius 1 is 1.31 bits per heavy atom. The molecule has 0 saturated carbocycles. The minimum Gasteiger partial charge on any atom is -0.497 e. The van der Waals surface area contributed by atoms with E-state index in [4.69, 9.17) is 9.47 Å². The normalized spacial score (nSPS) is 18.3. The average Bonchev–Trinajstić information content (AvgIpc) is 3.02. The first-order valence-corrected chi connectivity index (χ1v) is 10.2. The Morgan fingerprint density at radius 3 is 2.83 bits per heavy atom. The molecule has 1 aromatic carbocycles. The molecule has 29 heavy (non-hydrogen) atoms. The predicted octanol–water partition coefficient (Wildman–Crippen LogP) is 2.61. The molecule has 0 radical (unpaired) electrons. The molecule has 0 aliphatic carbocycles. The average molecular weight is 401 g/mol. The molecule has 1 atom stereocenters. The van der Waals surface area contributed by atoms with Gasteiger partial charge in [-0.2, -0.15) is 0 Å². The lowest BCUT2D eigenvalue weighted by molar-refractivity contribution is -0.132. The molecule has 1 aliphatic heterocycles. The van der Waals surface area contributed by atoms with Crippen LogP contribution in [0.1, 0.15) is 30.8 Å². The highest BCUT2D eigenvalue weighted by Gasteiger charge is 2.29. The zero-order chi connectivity index (χ0) is 20.8. The molecule has 2 aromatic rings. The molecule has 1 unspecified atom stereocenters. The number of nitrogens with one attached hydrogen (secondary N) is 1. The number of carbonyl (C=O) groups excluding carboxylic acids is 1. The molecule has 1 aromatic heterocycles. The molecule has 1 amide bonds. The van der Waals surface area contributed by atoms with Crippen molar-refractivity contribution in [2.45, 2.75) is 40.0 Å². The van der Waals surface area contributed by atoms with E-state index in [0.29, 0.717) is 38.7 Å². The minimum atomic E-state index is -0.0642. The quantitative estimate of drug-likeness (QED) is 0.738. The number of amides is 1. The number of carbonyl (C=O) groups is 1. The summed E-state index contributed by atoms with van der Waals surface area (Å²) in [7, 11) is 1.66. The highest BCUT2D eigenvalue weighted by Crippen LogP contribution is 2.17. The predicted molar refractivity (Wildman–Crippen MR) is 112 cm³/mol. The van der Waals surface area contributed by atoms with Crippen molar-refractivity contribution in [1.29, 1.82) is 0 Å². The fourth-order valence-electron chi connectivity index (χ4n) is 3.63. The molecule has 3 rings (SSSR count). The molecule has 158 valence electrons. The second-order valence-corrected chi connectivity index (χ2v) is 8.12. The van der Waals surface area contributed by atoms with Gasteiger partial charge in [-0.15, -0.1) is 0 Å².